The van der Waals surface area contributed by atoms with Crippen molar-refractivity contribution in [2.45, 2.75) is 4.90 Å². The Labute approximate surface area is 179 Å². The van der Waals surface area contributed by atoms with Crippen LogP contribution in [0.15, 0.2) is 71.3 Å². The molecule has 0 saturated carbocycles. The van der Waals surface area contributed by atoms with Crippen molar-refractivity contribution in [1.29, 1.82) is 5.26 Å². The third-order valence-corrected chi connectivity index (χ3v) is 6.56. The lowest BCUT2D eigenvalue weighted by Crippen LogP contribution is -2.46. The summed E-state index contributed by atoms with van der Waals surface area (Å²) in [6.07, 6.45) is 1.37. The third-order valence-electron chi connectivity index (χ3n) is 4.65. The van der Waals surface area contributed by atoms with Gasteiger partial charge in [-0.2, -0.15) is 9.57 Å². The Morgan fingerprint density at radius 3 is 2.39 bits per heavy atom. The molecule has 0 spiro atoms. The number of hydrogen-bond acceptors (Lipinski definition) is 7. The van der Waals surface area contributed by atoms with Gasteiger partial charge in [0, 0.05) is 50.2 Å². The summed E-state index contributed by atoms with van der Waals surface area (Å²) >= 11 is 0. The molecule has 0 radical (unpaired) electrons. The molecule has 0 aliphatic carbocycles. The zero-order valence-electron chi connectivity index (χ0n) is 16.3. The van der Waals surface area contributed by atoms with E-state index in [1.54, 1.807) is 23.1 Å². The van der Waals surface area contributed by atoms with Gasteiger partial charge in [-0.15, -0.1) is 0 Å². The monoisotopic (exact) mass is 441 g/mol. The van der Waals surface area contributed by atoms with Crippen molar-refractivity contribution in [2.24, 2.45) is 0 Å². The minimum absolute atomic E-state index is 0.184. The molecule has 2 aromatic rings. The number of sulfonamides is 1. The SMILES string of the molecule is N#C/C(=C/N1CCN(S(=O)(=O)c2ccccc2)CC1)C(=O)Nc1cccc([N+](=O)[O-])c1. The molecule has 1 aliphatic rings. The highest BCUT2D eigenvalue weighted by atomic mass is 32.2. The number of nitriles is 1. The first-order chi connectivity index (χ1) is 14.8. The fourth-order valence-corrected chi connectivity index (χ4v) is 4.47. The Hall–Kier alpha value is -3.75. The lowest BCUT2D eigenvalue weighted by atomic mass is 10.2. The van der Waals surface area contributed by atoms with E-state index in [-0.39, 0.29) is 34.9 Å². The maximum absolute atomic E-state index is 12.7. The Morgan fingerprint density at radius 1 is 1.10 bits per heavy atom. The average Bonchev–Trinajstić information content (AvgIpc) is 2.78. The number of nitro benzene ring substituents is 1. The number of carbonyl (C=O) groups excluding carboxylic acids is 1. The maximum Gasteiger partial charge on any atom is 0.271 e. The molecule has 160 valence electrons. The molecule has 1 fully saturated rings. The van der Waals surface area contributed by atoms with Gasteiger partial charge in [0.15, 0.2) is 0 Å². The number of amides is 1. The van der Waals surface area contributed by atoms with Crippen LogP contribution >= 0.6 is 0 Å². The normalized spacial score (nSPS) is 15.2. The molecule has 0 unspecified atom stereocenters. The molecule has 1 heterocycles. The van der Waals surface area contributed by atoms with Crippen LogP contribution in [0.1, 0.15) is 0 Å². The van der Waals surface area contributed by atoms with Gasteiger partial charge in [0.25, 0.3) is 11.6 Å². The van der Waals surface area contributed by atoms with E-state index in [4.69, 9.17) is 0 Å². The topological polar surface area (TPSA) is 137 Å². The lowest BCUT2D eigenvalue weighted by molar-refractivity contribution is -0.384. The van der Waals surface area contributed by atoms with Gasteiger partial charge in [-0.25, -0.2) is 8.42 Å². The quantitative estimate of drug-likeness (QED) is 0.313. The molecule has 2 aromatic carbocycles. The zero-order chi connectivity index (χ0) is 22.4. The highest BCUT2D eigenvalue weighted by Crippen LogP contribution is 2.19. The van der Waals surface area contributed by atoms with E-state index in [0.717, 1.165) is 0 Å². The van der Waals surface area contributed by atoms with Crippen molar-refractivity contribution < 1.29 is 18.1 Å². The van der Waals surface area contributed by atoms with Crippen LogP contribution in [-0.4, -0.2) is 54.6 Å². The molecule has 1 aliphatic heterocycles. The van der Waals surface area contributed by atoms with Crippen molar-refractivity contribution >= 4 is 27.3 Å². The van der Waals surface area contributed by atoms with Crippen LogP contribution in [-0.2, 0) is 14.8 Å². The Kier molecular flexibility index (Phi) is 6.64. The van der Waals surface area contributed by atoms with Crippen molar-refractivity contribution in [2.75, 3.05) is 31.5 Å². The van der Waals surface area contributed by atoms with Crippen LogP contribution in [0.2, 0.25) is 0 Å². The number of piperazine rings is 1. The summed E-state index contributed by atoms with van der Waals surface area (Å²) in [5, 5.41) is 22.7. The van der Waals surface area contributed by atoms with E-state index < -0.39 is 20.9 Å². The minimum atomic E-state index is -3.60. The molecule has 1 amide bonds. The molecule has 1 N–H and O–H groups in total. The molecule has 0 atom stereocenters. The van der Waals surface area contributed by atoms with E-state index in [0.29, 0.717) is 13.1 Å². The Morgan fingerprint density at radius 2 is 1.77 bits per heavy atom. The molecular formula is C20H19N5O5S. The summed E-state index contributed by atoms with van der Waals surface area (Å²) in [6, 6.07) is 15.3. The second-order valence-corrected chi connectivity index (χ2v) is 8.61. The van der Waals surface area contributed by atoms with Crippen LogP contribution in [0.3, 0.4) is 0 Å². The summed E-state index contributed by atoms with van der Waals surface area (Å²) < 4.78 is 26.7. The number of rotatable bonds is 6. The van der Waals surface area contributed by atoms with E-state index in [2.05, 4.69) is 5.32 Å². The summed E-state index contributed by atoms with van der Waals surface area (Å²) in [4.78, 5) is 24.6. The largest absolute Gasteiger partial charge is 0.373 e. The van der Waals surface area contributed by atoms with Gasteiger partial charge in [0.1, 0.15) is 11.6 Å². The van der Waals surface area contributed by atoms with Gasteiger partial charge in [0.05, 0.1) is 9.82 Å². The Bertz CT molecular complexity index is 1150. The molecule has 0 bridgehead atoms. The predicted octanol–water partition coefficient (Wildman–Crippen LogP) is 1.95. The fraction of sp³-hybridized carbons (Fsp3) is 0.200. The van der Waals surface area contributed by atoms with E-state index in [1.165, 1.54) is 46.9 Å². The number of hydrogen-bond donors (Lipinski definition) is 1. The minimum Gasteiger partial charge on any atom is -0.373 e. The van der Waals surface area contributed by atoms with Crippen LogP contribution < -0.4 is 5.32 Å². The highest BCUT2D eigenvalue weighted by molar-refractivity contribution is 7.89. The van der Waals surface area contributed by atoms with Gasteiger partial charge < -0.3 is 10.2 Å². The first-order valence-corrected chi connectivity index (χ1v) is 10.7. The summed E-state index contributed by atoms with van der Waals surface area (Å²) in [6.45, 7) is 1.03. The van der Waals surface area contributed by atoms with Crippen LogP contribution in [0.25, 0.3) is 0 Å². The van der Waals surface area contributed by atoms with Crippen molar-refractivity contribution in [3.05, 3.63) is 76.5 Å². The second kappa shape index (κ2) is 9.38. The highest BCUT2D eigenvalue weighted by Gasteiger charge is 2.28. The third kappa shape index (κ3) is 5.25. The number of nitro groups is 1. The van der Waals surface area contributed by atoms with Crippen LogP contribution in [0.5, 0.6) is 0 Å². The number of nitrogens with one attached hydrogen (secondary N) is 1. The first-order valence-electron chi connectivity index (χ1n) is 9.28. The van der Waals surface area contributed by atoms with Gasteiger partial charge >= 0.3 is 0 Å². The molecule has 3 rings (SSSR count). The first kappa shape index (κ1) is 21.9. The number of nitrogens with zero attached hydrogens (tertiary/aromatic N) is 4. The van der Waals surface area contributed by atoms with Crippen LogP contribution in [0, 0.1) is 21.4 Å². The van der Waals surface area contributed by atoms with Gasteiger partial charge in [-0.1, -0.05) is 24.3 Å². The standard InChI is InChI=1S/C20H19N5O5S/c21-14-16(20(26)22-17-5-4-6-18(13-17)25(27)28)15-23-9-11-24(12-10-23)31(29,30)19-7-2-1-3-8-19/h1-8,13,15H,9-12H2,(H,22,26)/b16-15-. The summed E-state index contributed by atoms with van der Waals surface area (Å²) in [5.74, 6) is -0.706. The lowest BCUT2D eigenvalue weighted by Gasteiger charge is -2.33. The number of benzene rings is 2. The number of carbonyl (C=O) groups is 1. The maximum atomic E-state index is 12.7. The molecule has 31 heavy (non-hydrogen) atoms. The van der Waals surface area contributed by atoms with E-state index in [9.17, 15) is 28.6 Å². The van der Waals surface area contributed by atoms with E-state index >= 15 is 0 Å². The Balaban J connectivity index is 1.65. The summed E-state index contributed by atoms with van der Waals surface area (Å²) in [7, 11) is -3.60. The number of anilines is 1. The molecule has 10 nitrogen and oxygen atoms in total. The molecule has 1 saturated heterocycles. The smallest absolute Gasteiger partial charge is 0.271 e. The van der Waals surface area contributed by atoms with Crippen molar-refractivity contribution in [1.82, 2.24) is 9.21 Å². The number of non-ortho nitro benzene ring substituents is 1. The fourth-order valence-electron chi connectivity index (χ4n) is 3.03. The van der Waals surface area contributed by atoms with Gasteiger partial charge in [0.2, 0.25) is 10.0 Å². The zero-order valence-corrected chi connectivity index (χ0v) is 17.2. The van der Waals surface area contributed by atoms with Gasteiger partial charge in [-0.3, -0.25) is 14.9 Å². The van der Waals surface area contributed by atoms with Gasteiger partial charge in [-0.05, 0) is 18.2 Å². The second-order valence-electron chi connectivity index (χ2n) is 6.67. The average molecular weight is 441 g/mol. The van der Waals surface area contributed by atoms with Crippen molar-refractivity contribution in [3.63, 3.8) is 0 Å². The molecule has 11 heteroatoms. The van der Waals surface area contributed by atoms with Crippen LogP contribution in [0.4, 0.5) is 11.4 Å². The molecular weight excluding hydrogens is 422 g/mol. The van der Waals surface area contributed by atoms with E-state index in [1.807, 2.05) is 6.07 Å². The molecule has 0 aromatic heterocycles. The predicted molar refractivity (Wildman–Crippen MR) is 112 cm³/mol. The summed E-state index contributed by atoms with van der Waals surface area (Å²) in [5.41, 5.74) is -0.180. The van der Waals surface area contributed by atoms with Crippen molar-refractivity contribution in [3.8, 4) is 6.07 Å².